The van der Waals surface area contributed by atoms with E-state index in [-0.39, 0.29) is 49.3 Å². The van der Waals surface area contributed by atoms with E-state index in [9.17, 15) is 18.3 Å². The average Bonchev–Trinajstić information content (AvgIpc) is 3.37. The van der Waals surface area contributed by atoms with Gasteiger partial charge in [-0.05, 0) is 25.7 Å². The smallest absolute Gasteiger partial charge is 0.262 e. The number of ether oxygens (including phenoxy) is 2. The molecule has 2 aliphatic heterocycles. The highest BCUT2D eigenvalue weighted by atomic mass is 32.2. The molecule has 1 amide bonds. The molecule has 3 fully saturated rings. The van der Waals surface area contributed by atoms with Crippen molar-refractivity contribution >= 4 is 15.9 Å². The van der Waals surface area contributed by atoms with Crippen LogP contribution in [-0.4, -0.2) is 83.4 Å². The van der Waals surface area contributed by atoms with Crippen LogP contribution in [-0.2, 0) is 31.3 Å². The SMILES string of the molecule is Cn1cnc(S(=O)(=O)N2C[C@@H](O)COC[C@@H]3O[C@H](CC(=O)NC4CCCC4)CC[C@H]32)c1. The first-order chi connectivity index (χ1) is 14.8. The lowest BCUT2D eigenvalue weighted by molar-refractivity contribution is -0.146. The van der Waals surface area contributed by atoms with Crippen LogP contribution in [0.1, 0.15) is 44.9 Å². The van der Waals surface area contributed by atoms with Crippen molar-refractivity contribution in [2.75, 3.05) is 19.8 Å². The Balaban J connectivity index is 1.46. The second kappa shape index (κ2) is 9.53. The van der Waals surface area contributed by atoms with Crippen molar-refractivity contribution in [3.8, 4) is 0 Å². The highest BCUT2D eigenvalue weighted by Crippen LogP contribution is 2.31. The quantitative estimate of drug-likeness (QED) is 0.647. The fraction of sp³-hybridized carbons (Fsp3) is 0.800. The van der Waals surface area contributed by atoms with Crippen molar-refractivity contribution < 1.29 is 27.8 Å². The summed E-state index contributed by atoms with van der Waals surface area (Å²) in [5.41, 5.74) is 0. The predicted octanol–water partition coefficient (Wildman–Crippen LogP) is 0.167. The number of hydrogen-bond acceptors (Lipinski definition) is 7. The third kappa shape index (κ3) is 5.28. The third-order valence-electron chi connectivity index (χ3n) is 6.32. The van der Waals surface area contributed by atoms with Crippen molar-refractivity contribution in [3.05, 3.63) is 12.5 Å². The summed E-state index contributed by atoms with van der Waals surface area (Å²) in [6.45, 7) is 0.0978. The first-order valence-corrected chi connectivity index (χ1v) is 12.5. The zero-order valence-electron chi connectivity index (χ0n) is 17.9. The van der Waals surface area contributed by atoms with E-state index in [1.807, 2.05) is 0 Å². The number of aliphatic hydroxyl groups is 1. The maximum atomic E-state index is 13.3. The largest absolute Gasteiger partial charge is 0.389 e. The van der Waals surface area contributed by atoms with Crippen LogP contribution in [0.4, 0.5) is 0 Å². The van der Waals surface area contributed by atoms with Gasteiger partial charge in [-0.15, -0.1) is 0 Å². The van der Waals surface area contributed by atoms with Gasteiger partial charge in [-0.3, -0.25) is 4.79 Å². The van der Waals surface area contributed by atoms with Gasteiger partial charge < -0.3 is 24.5 Å². The molecular weight excluding hydrogens is 424 g/mol. The highest BCUT2D eigenvalue weighted by Gasteiger charge is 2.44. The van der Waals surface area contributed by atoms with Crippen molar-refractivity contribution in [3.63, 3.8) is 0 Å². The number of aryl methyl sites for hydroxylation is 1. The molecule has 4 rings (SSSR count). The first kappa shape index (κ1) is 22.7. The lowest BCUT2D eigenvalue weighted by Gasteiger charge is -2.43. The van der Waals surface area contributed by atoms with Gasteiger partial charge in [0.25, 0.3) is 10.0 Å². The lowest BCUT2D eigenvalue weighted by atomic mass is 9.96. The molecule has 0 aromatic carbocycles. The number of fused-ring (bicyclic) bond motifs is 1. The maximum absolute atomic E-state index is 13.3. The molecule has 3 heterocycles. The van der Waals surface area contributed by atoms with Gasteiger partial charge in [-0.25, -0.2) is 13.4 Å². The molecule has 2 N–H and O–H groups in total. The number of nitrogens with zero attached hydrogens (tertiary/aromatic N) is 3. The Hall–Kier alpha value is -1.53. The topological polar surface area (TPSA) is 123 Å². The molecule has 31 heavy (non-hydrogen) atoms. The summed E-state index contributed by atoms with van der Waals surface area (Å²) in [4.78, 5) is 16.4. The van der Waals surface area contributed by atoms with Gasteiger partial charge in [-0.2, -0.15) is 4.31 Å². The average molecular weight is 457 g/mol. The van der Waals surface area contributed by atoms with E-state index in [1.54, 1.807) is 11.6 Å². The summed E-state index contributed by atoms with van der Waals surface area (Å²) in [6.07, 6.45) is 6.85. The number of β-amino-alcohol motifs (C(OH)–C–C–N with tert-alkyl or cyclic N) is 1. The summed E-state index contributed by atoms with van der Waals surface area (Å²) >= 11 is 0. The Morgan fingerprint density at radius 2 is 2.03 bits per heavy atom. The monoisotopic (exact) mass is 456 g/mol. The van der Waals surface area contributed by atoms with Crippen molar-refractivity contribution in [1.29, 1.82) is 0 Å². The van der Waals surface area contributed by atoms with Crippen LogP contribution in [0.25, 0.3) is 0 Å². The van der Waals surface area contributed by atoms with E-state index in [0.29, 0.717) is 12.8 Å². The van der Waals surface area contributed by atoms with Crippen LogP contribution in [0.15, 0.2) is 17.6 Å². The zero-order valence-corrected chi connectivity index (χ0v) is 18.7. The van der Waals surface area contributed by atoms with Gasteiger partial charge in [0, 0.05) is 25.8 Å². The number of sulfonamides is 1. The third-order valence-corrected chi connectivity index (χ3v) is 8.10. The number of aromatic nitrogens is 2. The minimum atomic E-state index is -3.91. The van der Waals surface area contributed by atoms with Crippen molar-refractivity contribution in [1.82, 2.24) is 19.2 Å². The number of aliphatic hydroxyl groups excluding tert-OH is 1. The van der Waals surface area contributed by atoms with Crippen LogP contribution in [0.5, 0.6) is 0 Å². The number of nitrogens with one attached hydrogen (secondary N) is 1. The number of rotatable bonds is 5. The van der Waals surface area contributed by atoms with E-state index >= 15 is 0 Å². The van der Waals surface area contributed by atoms with Crippen LogP contribution >= 0.6 is 0 Å². The Morgan fingerprint density at radius 1 is 1.26 bits per heavy atom. The fourth-order valence-electron chi connectivity index (χ4n) is 4.78. The second-order valence-corrected chi connectivity index (χ2v) is 10.7. The molecule has 0 radical (unpaired) electrons. The van der Waals surface area contributed by atoms with Crippen molar-refractivity contribution in [2.45, 2.75) is 80.4 Å². The van der Waals surface area contributed by atoms with Crippen LogP contribution < -0.4 is 5.32 Å². The highest BCUT2D eigenvalue weighted by molar-refractivity contribution is 7.89. The molecule has 1 aromatic rings. The summed E-state index contributed by atoms with van der Waals surface area (Å²) in [7, 11) is -2.21. The Labute approximate surface area is 183 Å². The summed E-state index contributed by atoms with van der Waals surface area (Å²) in [5, 5.41) is 13.3. The molecule has 0 bridgehead atoms. The number of carbonyl (C=O) groups excluding carboxylic acids is 1. The van der Waals surface area contributed by atoms with Gasteiger partial charge in [0.05, 0.1) is 50.3 Å². The molecular formula is C20H32N4O6S. The van der Waals surface area contributed by atoms with Crippen LogP contribution in [0, 0.1) is 0 Å². The molecule has 10 nitrogen and oxygen atoms in total. The minimum absolute atomic E-state index is 0.0181. The summed E-state index contributed by atoms with van der Waals surface area (Å²) in [6, 6.07) is -0.231. The number of hydrogen-bond donors (Lipinski definition) is 2. The number of amides is 1. The fourth-order valence-corrected chi connectivity index (χ4v) is 6.46. The predicted molar refractivity (Wildman–Crippen MR) is 111 cm³/mol. The maximum Gasteiger partial charge on any atom is 0.262 e. The Kier molecular flexibility index (Phi) is 6.97. The molecule has 3 aliphatic rings. The van der Waals surface area contributed by atoms with Crippen molar-refractivity contribution in [2.24, 2.45) is 7.05 Å². The van der Waals surface area contributed by atoms with Gasteiger partial charge in [0.2, 0.25) is 5.91 Å². The van der Waals surface area contributed by atoms with Crippen LogP contribution in [0.2, 0.25) is 0 Å². The van der Waals surface area contributed by atoms with Gasteiger partial charge in [0.1, 0.15) is 0 Å². The molecule has 11 heteroatoms. The molecule has 174 valence electrons. The van der Waals surface area contributed by atoms with E-state index in [1.165, 1.54) is 16.8 Å². The zero-order chi connectivity index (χ0) is 22.0. The minimum Gasteiger partial charge on any atom is -0.389 e. The van der Waals surface area contributed by atoms with E-state index in [0.717, 1.165) is 25.7 Å². The summed E-state index contributed by atoms with van der Waals surface area (Å²) in [5.74, 6) is -0.0181. The Morgan fingerprint density at radius 3 is 2.74 bits per heavy atom. The number of imidazole rings is 1. The van der Waals surface area contributed by atoms with Gasteiger partial charge >= 0.3 is 0 Å². The normalized spacial score (nSPS) is 31.0. The molecule has 0 unspecified atom stereocenters. The molecule has 0 spiro atoms. The van der Waals surface area contributed by atoms with Gasteiger partial charge in [0.15, 0.2) is 5.03 Å². The van der Waals surface area contributed by atoms with Gasteiger partial charge in [-0.1, -0.05) is 12.8 Å². The lowest BCUT2D eigenvalue weighted by Crippen LogP contribution is -2.57. The number of carbonyl (C=O) groups is 1. The molecule has 1 saturated carbocycles. The Bertz CT molecular complexity index is 869. The van der Waals surface area contributed by atoms with E-state index in [4.69, 9.17) is 9.47 Å². The van der Waals surface area contributed by atoms with E-state index in [2.05, 4.69) is 10.3 Å². The molecule has 1 aliphatic carbocycles. The van der Waals surface area contributed by atoms with Crippen LogP contribution in [0.3, 0.4) is 0 Å². The second-order valence-electron chi connectivity index (χ2n) is 8.84. The molecule has 1 aromatic heterocycles. The summed E-state index contributed by atoms with van der Waals surface area (Å²) < 4.78 is 41.2. The standard InChI is InChI=1S/C20H32N4O6S/c1-23-10-20(21-13-23)31(27,28)24-9-15(25)11-29-12-18-17(24)7-6-16(30-18)8-19(26)22-14-4-2-3-5-14/h10,13-18,25H,2-9,11-12H2,1H3,(H,22,26)/t15-,16+,17-,18+/m1/s1. The van der Waals surface area contributed by atoms with E-state index < -0.39 is 28.3 Å². The molecule has 4 atom stereocenters. The first-order valence-electron chi connectivity index (χ1n) is 11.0. The molecule has 2 saturated heterocycles.